The van der Waals surface area contributed by atoms with E-state index in [-0.39, 0.29) is 72.8 Å². The molecule has 4 rings (SSSR count). The molecule has 300 valence electrons. The molecule has 0 aromatic heterocycles. The highest BCUT2D eigenvalue weighted by molar-refractivity contribution is 8.00. The van der Waals surface area contributed by atoms with E-state index in [1.165, 1.54) is 0 Å². The van der Waals surface area contributed by atoms with Crippen molar-refractivity contribution in [2.45, 2.75) is 154 Å². The number of carbonyl (C=O) groups excluding carboxylic acids is 3. The van der Waals surface area contributed by atoms with Gasteiger partial charge in [-0.25, -0.2) is 9.59 Å². The van der Waals surface area contributed by atoms with Gasteiger partial charge in [-0.3, -0.25) is 4.79 Å². The molecule has 0 spiro atoms. The van der Waals surface area contributed by atoms with Gasteiger partial charge in [0.15, 0.2) is 6.10 Å². The van der Waals surface area contributed by atoms with Gasteiger partial charge in [0.25, 0.3) is 0 Å². The Morgan fingerprint density at radius 3 is 2.66 bits per heavy atom. The van der Waals surface area contributed by atoms with Crippen LogP contribution in [0, 0.1) is 23.2 Å². The van der Waals surface area contributed by atoms with E-state index in [0.717, 1.165) is 24.2 Å². The number of nitrogens with one attached hydrogen (secondary N) is 2. The number of esters is 1. The highest BCUT2D eigenvalue weighted by Crippen LogP contribution is 2.39. The molecule has 0 aromatic carbocycles. The fourth-order valence-electron chi connectivity index (χ4n) is 7.45. The number of aliphatic hydroxyl groups is 3. The Balaban J connectivity index is 1.35. The number of hydrogen-bond donors (Lipinski definition) is 5. The molecule has 0 aliphatic carbocycles. The van der Waals surface area contributed by atoms with Crippen LogP contribution in [0.5, 0.6) is 0 Å². The Morgan fingerprint density at radius 2 is 1.98 bits per heavy atom. The quantitative estimate of drug-likeness (QED) is 0.0592. The molecular weight excluding hydrogens is 699 g/mol. The van der Waals surface area contributed by atoms with E-state index >= 15 is 0 Å². The summed E-state index contributed by atoms with van der Waals surface area (Å²) in [4.78, 5) is 40.1. The molecule has 3 fully saturated rings. The molecule has 5 N–H and O–H groups in total. The minimum atomic E-state index is -1.49. The lowest BCUT2D eigenvalue weighted by atomic mass is 9.88. The van der Waals surface area contributed by atoms with E-state index in [1.807, 2.05) is 70.4 Å². The number of nitrogens with zero attached hydrogens (tertiary/aromatic N) is 1. The van der Waals surface area contributed by atoms with Crippen molar-refractivity contribution in [1.82, 2.24) is 15.5 Å². The number of allylic oxidation sites excluding steroid dienone is 3. The van der Waals surface area contributed by atoms with Gasteiger partial charge in [0.05, 0.1) is 42.9 Å². The molecule has 0 saturated carbocycles. The number of urea groups is 1. The first kappa shape index (κ1) is 43.2. The third-order valence-electron chi connectivity index (χ3n) is 10.9. The molecule has 3 amide bonds. The van der Waals surface area contributed by atoms with Gasteiger partial charge >= 0.3 is 18.1 Å². The molecule has 3 saturated heterocycles. The molecule has 4 aliphatic heterocycles. The van der Waals surface area contributed by atoms with Crippen LogP contribution in [0.1, 0.15) is 94.4 Å². The number of ether oxygens (including phenoxy) is 3. The van der Waals surface area contributed by atoms with Gasteiger partial charge in [-0.05, 0) is 62.5 Å². The van der Waals surface area contributed by atoms with E-state index in [1.54, 1.807) is 19.1 Å². The first-order valence-corrected chi connectivity index (χ1v) is 20.4. The number of fused-ring (bicyclic) bond motifs is 1. The number of rotatable bonds is 12. The van der Waals surface area contributed by atoms with Gasteiger partial charge in [-0.15, -0.1) is 0 Å². The fraction of sp³-hybridized carbons (Fsp3) is 0.775. The smallest absolute Gasteiger partial charge is 0.407 e. The Labute approximate surface area is 320 Å². The molecule has 10 unspecified atom stereocenters. The van der Waals surface area contributed by atoms with Gasteiger partial charge in [-0.1, -0.05) is 72.8 Å². The molecule has 4 heterocycles. The molecule has 13 heteroatoms. The van der Waals surface area contributed by atoms with E-state index < -0.39 is 42.1 Å². The van der Waals surface area contributed by atoms with Crippen molar-refractivity contribution in [2.75, 3.05) is 18.8 Å². The lowest BCUT2D eigenvalue weighted by molar-refractivity contribution is -0.151. The van der Waals surface area contributed by atoms with Crippen LogP contribution in [-0.4, -0.2) is 117 Å². The topological polar surface area (TPSA) is 170 Å². The van der Waals surface area contributed by atoms with Crippen LogP contribution in [-0.2, 0) is 19.0 Å². The summed E-state index contributed by atoms with van der Waals surface area (Å²) in [6.45, 7) is 18.2. The minimum absolute atomic E-state index is 0.0155. The summed E-state index contributed by atoms with van der Waals surface area (Å²) in [6, 6.07) is 0.181. The van der Waals surface area contributed by atoms with Crippen LogP contribution >= 0.6 is 11.8 Å². The van der Waals surface area contributed by atoms with Crippen molar-refractivity contribution in [3.8, 4) is 0 Å². The number of hydrogen-bond acceptors (Lipinski definition) is 10. The summed E-state index contributed by atoms with van der Waals surface area (Å²) in [5.74, 6) is 0.0859. The molecule has 4 aliphatic rings. The molecular formula is C40H65N3O9S. The molecule has 0 aromatic rings. The van der Waals surface area contributed by atoms with Crippen LogP contribution < -0.4 is 10.6 Å². The van der Waals surface area contributed by atoms with Gasteiger partial charge in [0.2, 0.25) is 0 Å². The number of thioether (sulfide) groups is 1. The maximum Gasteiger partial charge on any atom is 0.407 e. The highest BCUT2D eigenvalue weighted by atomic mass is 32.2. The van der Waals surface area contributed by atoms with Crippen molar-refractivity contribution in [3.63, 3.8) is 0 Å². The predicted octanol–water partition coefficient (Wildman–Crippen LogP) is 5.11. The second kappa shape index (κ2) is 18.4. The van der Waals surface area contributed by atoms with E-state index in [4.69, 9.17) is 14.2 Å². The number of amides is 3. The first-order chi connectivity index (χ1) is 24.8. The van der Waals surface area contributed by atoms with Crippen molar-refractivity contribution in [3.05, 3.63) is 36.0 Å². The summed E-state index contributed by atoms with van der Waals surface area (Å²) in [5, 5.41) is 39.3. The Morgan fingerprint density at radius 1 is 1.26 bits per heavy atom. The van der Waals surface area contributed by atoms with Crippen LogP contribution in [0.15, 0.2) is 36.0 Å². The first-order valence-electron chi connectivity index (χ1n) is 19.4. The van der Waals surface area contributed by atoms with Crippen molar-refractivity contribution < 1.29 is 43.9 Å². The van der Waals surface area contributed by atoms with Gasteiger partial charge in [0, 0.05) is 35.9 Å². The normalized spacial score (nSPS) is 36.4. The minimum Gasteiger partial charge on any atom is -0.457 e. The summed E-state index contributed by atoms with van der Waals surface area (Å²) in [7, 11) is 0. The number of epoxide rings is 1. The van der Waals surface area contributed by atoms with Crippen LogP contribution in [0.25, 0.3) is 0 Å². The van der Waals surface area contributed by atoms with Crippen molar-refractivity contribution in [2.24, 2.45) is 23.2 Å². The molecule has 0 bridgehead atoms. The average Bonchev–Trinajstić information content (AvgIpc) is 3.61. The Hall–Kier alpha value is -2.58. The average molecular weight is 764 g/mol. The lowest BCUT2D eigenvalue weighted by Crippen LogP contribution is -2.46. The van der Waals surface area contributed by atoms with E-state index in [2.05, 4.69) is 30.6 Å². The molecule has 12 nitrogen and oxygen atoms in total. The van der Waals surface area contributed by atoms with Crippen molar-refractivity contribution >= 4 is 29.9 Å². The van der Waals surface area contributed by atoms with Crippen LogP contribution in [0.4, 0.5) is 9.59 Å². The molecule has 53 heavy (non-hydrogen) atoms. The molecule has 0 radical (unpaired) electrons. The summed E-state index contributed by atoms with van der Waals surface area (Å²) < 4.78 is 17.6. The second-order valence-corrected chi connectivity index (χ2v) is 18.5. The zero-order valence-electron chi connectivity index (χ0n) is 33.1. The van der Waals surface area contributed by atoms with Gasteiger partial charge in [-0.2, -0.15) is 11.8 Å². The third-order valence-corrected chi connectivity index (χ3v) is 12.5. The summed E-state index contributed by atoms with van der Waals surface area (Å²) >= 11 is 1.89. The van der Waals surface area contributed by atoms with Gasteiger partial charge < -0.3 is 45.1 Å². The number of carbonyl (C=O) groups is 3. The number of β-amino-alcohol motifs (C(OH)–C–C–N with tert-alkyl or cyclic N) is 1. The lowest BCUT2D eigenvalue weighted by Gasteiger charge is -2.33. The number of alkyl carbamates (subject to hydrolysis) is 1. The number of cyclic esters (lactones) is 1. The zero-order chi connectivity index (χ0) is 39.2. The highest BCUT2D eigenvalue weighted by Gasteiger charge is 2.50. The zero-order valence-corrected chi connectivity index (χ0v) is 33.9. The van der Waals surface area contributed by atoms with E-state index in [9.17, 15) is 29.7 Å². The second-order valence-electron chi connectivity index (χ2n) is 17.2. The standard InChI is InChI=1S/C40H65N3O9S/c1-10-31-34-28(21-53-31)42-37(47)43(34)20-29(45)26(5)36-30(50-36)18-23(2)12-11-13-24(3)35-25(4)14-15-32(51-38(48)41-22-39(6,7)8)40(9,49)17-16-27(44)19-33(46)52-35/h11-15,23,25-32,34-36,44-45,49H,10,16-22H2,1-9H3,(H,41,48)(H,42,47)/b12-11+,15-14+,24-13+/t23?,25?,26?,27?,28-,29?,30?,31-,32?,34-,35?,36?,40?/m0/s1. The SMILES string of the molecule is CC[C@@H]1SC[C@@H]2NC(=O)N(CC(O)C(C)C3OC3CC(C)/C=C/C=C(\C)C3OC(=O)CC(O)CCC(C)(O)C(OC(=O)NCC(C)(C)C)/C=C/C3C)[C@@H]21. The third kappa shape index (κ3) is 12.2. The fourth-order valence-corrected chi connectivity index (χ4v) is 8.95. The maximum absolute atomic E-state index is 12.9. The Kier molecular flexibility index (Phi) is 15.0. The van der Waals surface area contributed by atoms with Crippen molar-refractivity contribution in [1.29, 1.82) is 0 Å². The number of aliphatic hydroxyl groups excluding tert-OH is 2. The maximum atomic E-state index is 12.9. The van der Waals surface area contributed by atoms with Crippen LogP contribution in [0.3, 0.4) is 0 Å². The monoisotopic (exact) mass is 763 g/mol. The summed E-state index contributed by atoms with van der Waals surface area (Å²) in [6.07, 6.45) is 7.02. The Bertz CT molecular complexity index is 1360. The van der Waals surface area contributed by atoms with E-state index in [0.29, 0.717) is 18.3 Å². The summed E-state index contributed by atoms with van der Waals surface area (Å²) in [5.41, 5.74) is -0.855. The van der Waals surface area contributed by atoms with Gasteiger partial charge in [0.1, 0.15) is 11.7 Å². The largest absolute Gasteiger partial charge is 0.457 e. The predicted molar refractivity (Wildman–Crippen MR) is 206 cm³/mol. The van der Waals surface area contributed by atoms with Crippen LogP contribution in [0.2, 0.25) is 0 Å². The molecule has 13 atom stereocenters.